The van der Waals surface area contributed by atoms with Gasteiger partial charge in [0.15, 0.2) is 0 Å². The molecule has 2 atom stereocenters. The van der Waals surface area contributed by atoms with E-state index in [-0.39, 0.29) is 0 Å². The van der Waals surface area contributed by atoms with Gasteiger partial charge in [-0.3, -0.25) is 23.9 Å². The van der Waals surface area contributed by atoms with Crippen molar-refractivity contribution in [2.24, 2.45) is 7.05 Å². The molecule has 3 rings (SSSR count). The Hall–Kier alpha value is -2.19. The van der Waals surface area contributed by atoms with Crippen molar-refractivity contribution in [3.8, 4) is 0 Å². The molecule has 24 heavy (non-hydrogen) atoms. The summed E-state index contributed by atoms with van der Waals surface area (Å²) >= 11 is 0. The molecule has 2 aromatic rings. The average Bonchev–Trinajstić information content (AvgIpc) is 2.90. The third-order valence-corrected chi connectivity index (χ3v) is 4.87. The number of aromatic amines is 1. The van der Waals surface area contributed by atoms with Crippen LogP contribution < -0.4 is 11.2 Å². The number of aromatic nitrogens is 4. The van der Waals surface area contributed by atoms with Crippen LogP contribution in [-0.2, 0) is 13.6 Å². The van der Waals surface area contributed by atoms with Gasteiger partial charge in [0, 0.05) is 44.6 Å². The van der Waals surface area contributed by atoms with E-state index in [2.05, 4.69) is 15.0 Å². The smallest absolute Gasteiger partial charge is 0.328 e. The van der Waals surface area contributed by atoms with Gasteiger partial charge in [-0.25, -0.2) is 4.79 Å². The first-order valence-electron chi connectivity index (χ1n) is 8.01. The lowest BCUT2D eigenvalue weighted by Crippen LogP contribution is -2.53. The standard InChI is InChI=1S/C16H23N5O3/c1-11-8-21(15(23)18-14(11)22)13-10-20(7-5-16(13,2)24)9-12-4-6-17-19(12)3/h4,6,8,13,24H,5,7,9-10H2,1-3H3,(H,18,22,23)/t13-,16-/m1/s1. The predicted octanol–water partition coefficient (Wildman–Crippen LogP) is -0.223. The molecule has 0 saturated carbocycles. The van der Waals surface area contributed by atoms with Gasteiger partial charge in [0.2, 0.25) is 0 Å². The highest BCUT2D eigenvalue weighted by Crippen LogP contribution is 2.31. The van der Waals surface area contributed by atoms with Crippen molar-refractivity contribution in [2.75, 3.05) is 13.1 Å². The van der Waals surface area contributed by atoms with E-state index in [1.54, 1.807) is 20.0 Å². The van der Waals surface area contributed by atoms with Gasteiger partial charge in [-0.2, -0.15) is 5.10 Å². The van der Waals surface area contributed by atoms with Crippen LogP contribution >= 0.6 is 0 Å². The molecule has 2 aromatic heterocycles. The minimum Gasteiger partial charge on any atom is -0.388 e. The Morgan fingerprint density at radius 1 is 1.46 bits per heavy atom. The van der Waals surface area contributed by atoms with Crippen LogP contribution in [0.1, 0.15) is 30.6 Å². The Morgan fingerprint density at radius 2 is 2.21 bits per heavy atom. The zero-order chi connectivity index (χ0) is 17.5. The molecule has 0 aliphatic carbocycles. The van der Waals surface area contributed by atoms with Crippen molar-refractivity contribution in [3.63, 3.8) is 0 Å². The summed E-state index contributed by atoms with van der Waals surface area (Å²) < 4.78 is 3.27. The second-order valence-corrected chi connectivity index (χ2v) is 6.78. The van der Waals surface area contributed by atoms with Gasteiger partial charge in [-0.05, 0) is 26.3 Å². The second-order valence-electron chi connectivity index (χ2n) is 6.78. The van der Waals surface area contributed by atoms with Crippen molar-refractivity contribution >= 4 is 0 Å². The van der Waals surface area contributed by atoms with Gasteiger partial charge < -0.3 is 5.11 Å². The van der Waals surface area contributed by atoms with Crippen LogP contribution in [0, 0.1) is 6.92 Å². The largest absolute Gasteiger partial charge is 0.388 e. The first kappa shape index (κ1) is 16.7. The van der Waals surface area contributed by atoms with Gasteiger partial charge in [0.25, 0.3) is 5.56 Å². The summed E-state index contributed by atoms with van der Waals surface area (Å²) in [6.07, 6.45) is 3.83. The lowest BCUT2D eigenvalue weighted by atomic mass is 9.88. The van der Waals surface area contributed by atoms with Gasteiger partial charge in [-0.15, -0.1) is 0 Å². The first-order chi connectivity index (χ1) is 11.3. The highest BCUT2D eigenvalue weighted by atomic mass is 16.3. The number of hydrogen-bond donors (Lipinski definition) is 2. The first-order valence-corrected chi connectivity index (χ1v) is 8.01. The Kier molecular flexibility index (Phi) is 4.18. The number of aryl methyl sites for hydroxylation is 2. The highest BCUT2D eigenvalue weighted by Gasteiger charge is 2.39. The van der Waals surface area contributed by atoms with Crippen LogP contribution in [-0.4, -0.2) is 48.0 Å². The highest BCUT2D eigenvalue weighted by molar-refractivity contribution is 5.06. The fourth-order valence-corrected chi connectivity index (χ4v) is 3.22. The molecule has 0 radical (unpaired) electrons. The number of H-pyrrole nitrogens is 1. The topological polar surface area (TPSA) is 96.2 Å². The Balaban J connectivity index is 1.90. The zero-order valence-corrected chi connectivity index (χ0v) is 14.2. The van der Waals surface area contributed by atoms with E-state index in [1.165, 1.54) is 10.8 Å². The van der Waals surface area contributed by atoms with E-state index in [4.69, 9.17) is 0 Å². The summed E-state index contributed by atoms with van der Waals surface area (Å²) in [5.41, 5.74) is -0.372. The number of piperidine rings is 1. The van der Waals surface area contributed by atoms with Crippen LogP contribution in [0.5, 0.6) is 0 Å². The van der Waals surface area contributed by atoms with E-state index in [9.17, 15) is 14.7 Å². The SMILES string of the molecule is Cc1cn([C@@H]2CN(Cc3ccnn3C)CC[C@@]2(C)O)c(=O)[nH]c1=O. The molecule has 1 saturated heterocycles. The summed E-state index contributed by atoms with van der Waals surface area (Å²) in [5.74, 6) is 0. The molecule has 0 amide bonds. The Bertz CT molecular complexity index is 848. The average molecular weight is 333 g/mol. The third-order valence-electron chi connectivity index (χ3n) is 4.87. The molecule has 130 valence electrons. The fraction of sp³-hybridized carbons (Fsp3) is 0.562. The molecule has 1 fully saturated rings. The minimum atomic E-state index is -1.02. The Labute approximate surface area is 139 Å². The van der Waals surface area contributed by atoms with Crippen molar-refractivity contribution in [1.29, 1.82) is 0 Å². The van der Waals surface area contributed by atoms with Crippen LogP contribution in [0.3, 0.4) is 0 Å². The van der Waals surface area contributed by atoms with Crippen LogP contribution in [0.2, 0.25) is 0 Å². The maximum absolute atomic E-state index is 12.2. The third kappa shape index (κ3) is 3.07. The van der Waals surface area contributed by atoms with Crippen molar-refractivity contribution in [1.82, 2.24) is 24.2 Å². The molecule has 2 N–H and O–H groups in total. The molecule has 0 unspecified atom stereocenters. The van der Waals surface area contributed by atoms with Gasteiger partial charge in [0.05, 0.1) is 17.3 Å². The van der Waals surface area contributed by atoms with Crippen molar-refractivity contribution < 1.29 is 5.11 Å². The second kappa shape index (κ2) is 6.03. The minimum absolute atomic E-state index is 0.390. The molecule has 3 heterocycles. The van der Waals surface area contributed by atoms with Crippen LogP contribution in [0.25, 0.3) is 0 Å². The lowest BCUT2D eigenvalue weighted by molar-refractivity contribution is -0.0547. The summed E-state index contributed by atoms with van der Waals surface area (Å²) in [4.78, 5) is 28.3. The van der Waals surface area contributed by atoms with Gasteiger partial charge in [0.1, 0.15) is 0 Å². The van der Waals surface area contributed by atoms with Crippen LogP contribution in [0.15, 0.2) is 28.0 Å². The molecule has 8 heteroatoms. The summed E-state index contributed by atoms with van der Waals surface area (Å²) in [5, 5.41) is 14.9. The van der Waals surface area contributed by atoms with E-state index >= 15 is 0 Å². The summed E-state index contributed by atoms with van der Waals surface area (Å²) in [6.45, 7) is 5.33. The maximum atomic E-state index is 12.2. The molecular weight excluding hydrogens is 310 g/mol. The zero-order valence-electron chi connectivity index (χ0n) is 14.2. The normalized spacial score (nSPS) is 25.1. The maximum Gasteiger partial charge on any atom is 0.328 e. The monoisotopic (exact) mass is 333 g/mol. The number of rotatable bonds is 3. The van der Waals surface area contributed by atoms with Crippen molar-refractivity contribution in [3.05, 3.63) is 50.6 Å². The molecule has 0 aromatic carbocycles. The van der Waals surface area contributed by atoms with E-state index in [0.29, 0.717) is 25.1 Å². The Morgan fingerprint density at radius 3 is 2.88 bits per heavy atom. The van der Waals surface area contributed by atoms with Crippen molar-refractivity contribution in [2.45, 2.75) is 38.5 Å². The fourth-order valence-electron chi connectivity index (χ4n) is 3.22. The number of aliphatic hydroxyl groups is 1. The molecule has 1 aliphatic heterocycles. The van der Waals surface area contributed by atoms with E-state index in [1.807, 2.05) is 17.8 Å². The van der Waals surface area contributed by atoms with E-state index < -0.39 is 22.9 Å². The molecule has 0 spiro atoms. The molecular formula is C16H23N5O3. The number of likely N-dealkylation sites (tertiary alicyclic amines) is 1. The lowest BCUT2D eigenvalue weighted by Gasteiger charge is -2.43. The van der Waals surface area contributed by atoms with Gasteiger partial charge >= 0.3 is 5.69 Å². The number of nitrogens with one attached hydrogen (secondary N) is 1. The van der Waals surface area contributed by atoms with E-state index in [0.717, 1.165) is 12.2 Å². The quantitative estimate of drug-likeness (QED) is 0.809. The predicted molar refractivity (Wildman–Crippen MR) is 88.8 cm³/mol. The molecule has 1 aliphatic rings. The molecule has 0 bridgehead atoms. The number of nitrogens with zero attached hydrogens (tertiary/aromatic N) is 4. The van der Waals surface area contributed by atoms with Gasteiger partial charge in [-0.1, -0.05) is 0 Å². The summed E-state index contributed by atoms with van der Waals surface area (Å²) in [7, 11) is 1.89. The molecule has 8 nitrogen and oxygen atoms in total. The summed E-state index contributed by atoms with van der Waals surface area (Å²) in [6, 6.07) is 1.53. The van der Waals surface area contributed by atoms with Crippen LogP contribution in [0.4, 0.5) is 0 Å². The number of hydrogen-bond acceptors (Lipinski definition) is 5.